The highest BCUT2D eigenvalue weighted by Gasteiger charge is 2.28. The highest BCUT2D eigenvalue weighted by Crippen LogP contribution is 2.44. The number of aliphatic hydroxyl groups is 1. The number of ether oxygens (including phenoxy) is 1. The monoisotopic (exact) mass is 338 g/mol. The number of rotatable bonds is 1. The average molecular weight is 338 g/mol. The molecular formula is C20H18O5. The van der Waals surface area contributed by atoms with Crippen molar-refractivity contribution < 1.29 is 25.2 Å². The van der Waals surface area contributed by atoms with Gasteiger partial charge in [0.1, 0.15) is 23.7 Å². The molecule has 0 fully saturated rings. The van der Waals surface area contributed by atoms with Crippen LogP contribution in [-0.4, -0.2) is 32.6 Å². The van der Waals surface area contributed by atoms with Gasteiger partial charge in [0, 0.05) is 11.6 Å². The largest absolute Gasteiger partial charge is 0.508 e. The van der Waals surface area contributed by atoms with Gasteiger partial charge in [-0.1, -0.05) is 12.2 Å². The molecule has 5 heteroatoms. The number of benzene rings is 2. The second kappa shape index (κ2) is 5.29. The van der Waals surface area contributed by atoms with Crippen molar-refractivity contribution >= 4 is 17.7 Å². The summed E-state index contributed by atoms with van der Waals surface area (Å²) in [7, 11) is 0. The molecule has 1 unspecified atom stereocenters. The lowest BCUT2D eigenvalue weighted by atomic mass is 9.97. The molecule has 0 radical (unpaired) electrons. The Hall–Kier alpha value is -2.92. The van der Waals surface area contributed by atoms with Crippen LogP contribution in [0.4, 0.5) is 0 Å². The van der Waals surface area contributed by atoms with Crippen LogP contribution in [0, 0.1) is 0 Å². The second-order valence-corrected chi connectivity index (χ2v) is 6.77. The summed E-state index contributed by atoms with van der Waals surface area (Å²) in [6.07, 6.45) is 5.92. The number of hydrogen-bond acceptors (Lipinski definition) is 5. The van der Waals surface area contributed by atoms with Gasteiger partial charge in [-0.3, -0.25) is 0 Å². The van der Waals surface area contributed by atoms with Crippen LogP contribution in [0.25, 0.3) is 17.7 Å². The molecule has 1 aliphatic heterocycles. The van der Waals surface area contributed by atoms with Gasteiger partial charge in [-0.2, -0.15) is 0 Å². The van der Waals surface area contributed by atoms with E-state index >= 15 is 0 Å². The standard InChI is InChI=1S/C20H18O5/c1-20(24)3-2-16-17-7-11(12-5-14(21)9-15(22)6-12)4-13(17)8-18(23)19(16)25-10-20/h2-6,8-9,21-24H,7,10H2,1H3. The zero-order chi connectivity index (χ0) is 17.8. The third kappa shape index (κ3) is 2.72. The quantitative estimate of drug-likeness (QED) is 0.642. The molecular weight excluding hydrogens is 320 g/mol. The molecule has 0 bridgehead atoms. The number of phenols is 3. The average Bonchev–Trinajstić information content (AvgIpc) is 2.86. The van der Waals surface area contributed by atoms with Gasteiger partial charge in [0.25, 0.3) is 0 Å². The molecule has 25 heavy (non-hydrogen) atoms. The topological polar surface area (TPSA) is 90.2 Å². The van der Waals surface area contributed by atoms with Crippen molar-refractivity contribution in [1.82, 2.24) is 0 Å². The van der Waals surface area contributed by atoms with E-state index in [-0.39, 0.29) is 23.9 Å². The van der Waals surface area contributed by atoms with Gasteiger partial charge in [0.15, 0.2) is 11.5 Å². The van der Waals surface area contributed by atoms with Gasteiger partial charge in [0.2, 0.25) is 0 Å². The van der Waals surface area contributed by atoms with E-state index < -0.39 is 5.60 Å². The van der Waals surface area contributed by atoms with Crippen molar-refractivity contribution in [2.24, 2.45) is 0 Å². The van der Waals surface area contributed by atoms with Crippen LogP contribution in [0.1, 0.15) is 29.2 Å². The normalized spacial score (nSPS) is 21.1. The van der Waals surface area contributed by atoms with E-state index in [4.69, 9.17) is 4.74 Å². The second-order valence-electron chi connectivity index (χ2n) is 6.77. The number of aromatic hydroxyl groups is 3. The van der Waals surface area contributed by atoms with Crippen LogP contribution in [0.2, 0.25) is 0 Å². The van der Waals surface area contributed by atoms with E-state index in [0.29, 0.717) is 17.7 Å². The van der Waals surface area contributed by atoms with Gasteiger partial charge in [-0.15, -0.1) is 0 Å². The Morgan fingerprint density at radius 3 is 2.48 bits per heavy atom. The van der Waals surface area contributed by atoms with E-state index in [1.165, 1.54) is 6.07 Å². The summed E-state index contributed by atoms with van der Waals surface area (Å²) in [5.74, 6) is 0.370. The molecule has 2 aromatic rings. The van der Waals surface area contributed by atoms with Gasteiger partial charge in [-0.25, -0.2) is 0 Å². The minimum absolute atomic E-state index is 0.00666. The summed E-state index contributed by atoms with van der Waals surface area (Å²) in [6.45, 7) is 1.70. The van der Waals surface area contributed by atoms with Crippen molar-refractivity contribution in [3.8, 4) is 23.0 Å². The fraction of sp³-hybridized carbons (Fsp3) is 0.200. The molecule has 4 rings (SSSR count). The first kappa shape index (κ1) is 15.6. The predicted octanol–water partition coefficient (Wildman–Crippen LogP) is 3.06. The highest BCUT2D eigenvalue weighted by atomic mass is 16.5. The maximum atomic E-state index is 10.3. The molecule has 0 aromatic heterocycles. The molecule has 2 aliphatic rings. The Balaban J connectivity index is 1.80. The zero-order valence-electron chi connectivity index (χ0n) is 13.7. The summed E-state index contributed by atoms with van der Waals surface area (Å²) in [4.78, 5) is 0. The van der Waals surface area contributed by atoms with E-state index in [1.807, 2.05) is 6.08 Å². The smallest absolute Gasteiger partial charge is 0.168 e. The SMILES string of the molecule is CC1(O)C=Cc2c3c(cc(O)c2OC1)C=C(c1cc(O)cc(O)c1)C3. The lowest BCUT2D eigenvalue weighted by Gasteiger charge is -2.18. The van der Waals surface area contributed by atoms with E-state index in [0.717, 1.165) is 22.3 Å². The fourth-order valence-corrected chi connectivity index (χ4v) is 3.31. The number of allylic oxidation sites excluding steroid dienone is 1. The molecule has 2 aromatic carbocycles. The molecule has 0 saturated heterocycles. The van der Waals surface area contributed by atoms with E-state index in [9.17, 15) is 20.4 Å². The van der Waals surface area contributed by atoms with Crippen LogP contribution in [-0.2, 0) is 6.42 Å². The van der Waals surface area contributed by atoms with Crippen molar-refractivity contribution in [2.75, 3.05) is 6.61 Å². The van der Waals surface area contributed by atoms with Crippen molar-refractivity contribution in [3.05, 3.63) is 52.6 Å². The van der Waals surface area contributed by atoms with Crippen molar-refractivity contribution in [3.63, 3.8) is 0 Å². The Morgan fingerprint density at radius 2 is 1.76 bits per heavy atom. The number of hydrogen-bond donors (Lipinski definition) is 4. The minimum atomic E-state index is -1.11. The lowest BCUT2D eigenvalue weighted by Crippen LogP contribution is -2.28. The zero-order valence-corrected chi connectivity index (χ0v) is 13.7. The van der Waals surface area contributed by atoms with Crippen LogP contribution in [0.3, 0.4) is 0 Å². The Labute approximate surface area is 144 Å². The summed E-state index contributed by atoms with van der Waals surface area (Å²) >= 11 is 0. The summed E-state index contributed by atoms with van der Waals surface area (Å²) in [5, 5.41) is 39.9. The van der Waals surface area contributed by atoms with Gasteiger partial charge in [-0.05, 0) is 59.9 Å². The fourth-order valence-electron chi connectivity index (χ4n) is 3.31. The van der Waals surface area contributed by atoms with Crippen LogP contribution in [0.15, 0.2) is 30.3 Å². The molecule has 0 amide bonds. The summed E-state index contributed by atoms with van der Waals surface area (Å²) < 4.78 is 5.63. The number of fused-ring (bicyclic) bond motifs is 3. The first-order chi connectivity index (χ1) is 11.8. The van der Waals surface area contributed by atoms with Crippen LogP contribution >= 0.6 is 0 Å². The molecule has 5 nitrogen and oxygen atoms in total. The third-order valence-electron chi connectivity index (χ3n) is 4.53. The Bertz CT molecular complexity index is 917. The molecule has 128 valence electrons. The summed E-state index contributed by atoms with van der Waals surface area (Å²) in [5.41, 5.74) is 3.09. The molecule has 1 atom stereocenters. The number of phenolic OH excluding ortho intramolecular Hbond substituents is 3. The van der Waals surface area contributed by atoms with Crippen molar-refractivity contribution in [1.29, 1.82) is 0 Å². The third-order valence-corrected chi connectivity index (χ3v) is 4.53. The summed E-state index contributed by atoms with van der Waals surface area (Å²) in [6, 6.07) is 6.10. The molecule has 0 saturated carbocycles. The molecule has 1 heterocycles. The maximum Gasteiger partial charge on any atom is 0.168 e. The first-order valence-electron chi connectivity index (χ1n) is 8.00. The highest BCUT2D eigenvalue weighted by molar-refractivity contribution is 5.92. The van der Waals surface area contributed by atoms with Crippen LogP contribution < -0.4 is 4.74 Å². The molecule has 1 aliphatic carbocycles. The van der Waals surface area contributed by atoms with Gasteiger partial charge < -0.3 is 25.2 Å². The van der Waals surface area contributed by atoms with E-state index in [2.05, 4.69) is 0 Å². The molecule has 4 N–H and O–H groups in total. The van der Waals surface area contributed by atoms with Crippen molar-refractivity contribution in [2.45, 2.75) is 18.9 Å². The van der Waals surface area contributed by atoms with Gasteiger partial charge in [0.05, 0.1) is 0 Å². The minimum Gasteiger partial charge on any atom is -0.508 e. The predicted molar refractivity (Wildman–Crippen MR) is 94.6 cm³/mol. The Kier molecular flexibility index (Phi) is 3.30. The Morgan fingerprint density at radius 1 is 1.04 bits per heavy atom. The maximum absolute atomic E-state index is 10.3. The first-order valence-corrected chi connectivity index (χ1v) is 8.00. The lowest BCUT2D eigenvalue weighted by molar-refractivity contribution is 0.0556. The van der Waals surface area contributed by atoms with Crippen LogP contribution in [0.5, 0.6) is 23.0 Å². The van der Waals surface area contributed by atoms with E-state index in [1.54, 1.807) is 37.3 Å². The van der Waals surface area contributed by atoms with Gasteiger partial charge >= 0.3 is 0 Å². The molecule has 0 spiro atoms.